The van der Waals surface area contributed by atoms with Crippen molar-refractivity contribution < 1.29 is 29.6 Å². The van der Waals surface area contributed by atoms with Gasteiger partial charge in [-0.25, -0.2) is 4.79 Å². The average Bonchev–Trinajstić information content (AvgIpc) is 3.48. The number of carboxylic acids is 1. The maximum absolute atomic E-state index is 9.60. The first-order valence-corrected chi connectivity index (χ1v) is 7.92. The number of benzene rings is 2. The molecule has 0 spiro atoms. The van der Waals surface area contributed by atoms with Crippen molar-refractivity contribution in [2.24, 2.45) is 0 Å². The summed E-state index contributed by atoms with van der Waals surface area (Å²) in [4.78, 5) is 9.60. The number of carbonyl (C=O) groups is 1. The van der Waals surface area contributed by atoms with Crippen LogP contribution in [-0.2, 0) is 14.3 Å². The first kappa shape index (κ1) is 21.2. The Balaban J connectivity index is 0.000000309. The van der Waals surface area contributed by atoms with Crippen LogP contribution in [-0.4, -0.2) is 41.6 Å². The molecule has 1 fully saturated rings. The van der Waals surface area contributed by atoms with Crippen molar-refractivity contribution >= 4 is 5.97 Å². The van der Waals surface area contributed by atoms with Crippen molar-refractivity contribution in [2.45, 2.75) is 13.0 Å². The standard InChI is InChI=1S/C14H14O3.C4H6O2.C2H4O/c1-17-14(10-2-6-12(15)7-3-10)11-4-8-13(16)9-5-11;1-3(2)4(5)6;1-2-3-1/h2-9,14-16H,1H3;1H2,2H3,(H,5,6);1-2H2. The van der Waals surface area contributed by atoms with Gasteiger partial charge in [-0.2, -0.15) is 0 Å². The quantitative estimate of drug-likeness (QED) is 0.570. The molecular formula is C20H24O6. The molecule has 26 heavy (non-hydrogen) atoms. The summed E-state index contributed by atoms with van der Waals surface area (Å²) in [5.41, 5.74) is 2.09. The van der Waals surface area contributed by atoms with Crippen molar-refractivity contribution in [3.63, 3.8) is 0 Å². The van der Waals surface area contributed by atoms with Crippen molar-refractivity contribution in [2.75, 3.05) is 20.3 Å². The van der Waals surface area contributed by atoms with Gasteiger partial charge < -0.3 is 24.8 Å². The highest BCUT2D eigenvalue weighted by Gasteiger charge is 2.12. The van der Waals surface area contributed by atoms with Gasteiger partial charge in [0.25, 0.3) is 0 Å². The van der Waals surface area contributed by atoms with Crippen LogP contribution in [0.3, 0.4) is 0 Å². The van der Waals surface area contributed by atoms with Crippen LogP contribution < -0.4 is 0 Å². The molecular weight excluding hydrogens is 336 g/mol. The number of hydrogen-bond acceptors (Lipinski definition) is 5. The van der Waals surface area contributed by atoms with E-state index in [9.17, 15) is 15.0 Å². The van der Waals surface area contributed by atoms with E-state index in [0.717, 1.165) is 24.3 Å². The molecule has 0 aromatic heterocycles. The topological polar surface area (TPSA) is 99.5 Å². The molecule has 1 saturated heterocycles. The lowest BCUT2D eigenvalue weighted by Gasteiger charge is -2.16. The number of carboxylic acid groups (broad SMARTS) is 1. The Hall–Kier alpha value is -2.83. The molecule has 3 rings (SSSR count). The summed E-state index contributed by atoms with van der Waals surface area (Å²) < 4.78 is 9.94. The van der Waals surface area contributed by atoms with Gasteiger partial charge in [0.05, 0.1) is 13.2 Å². The summed E-state index contributed by atoms with van der Waals surface area (Å²) in [5.74, 6) is -0.474. The van der Waals surface area contributed by atoms with Gasteiger partial charge in [-0.3, -0.25) is 0 Å². The first-order chi connectivity index (χ1) is 12.3. The number of rotatable bonds is 4. The second-order valence-electron chi connectivity index (χ2n) is 5.50. The third-order valence-corrected chi connectivity index (χ3v) is 3.20. The lowest BCUT2D eigenvalue weighted by Crippen LogP contribution is -2.02. The van der Waals surface area contributed by atoms with E-state index in [1.54, 1.807) is 31.4 Å². The normalized spacial score (nSPS) is 11.5. The SMILES string of the molecule is C1CO1.C=C(C)C(=O)O.COC(c1ccc(O)cc1)c1ccc(O)cc1. The number of methoxy groups -OCH3 is 1. The summed E-state index contributed by atoms with van der Waals surface area (Å²) >= 11 is 0. The molecule has 0 radical (unpaired) electrons. The van der Waals surface area contributed by atoms with Gasteiger partial charge in [0.2, 0.25) is 0 Å². The van der Waals surface area contributed by atoms with Gasteiger partial charge in [-0.1, -0.05) is 30.8 Å². The summed E-state index contributed by atoms with van der Waals surface area (Å²) in [6.07, 6.45) is -0.198. The Morgan fingerprint density at radius 3 is 1.50 bits per heavy atom. The zero-order valence-corrected chi connectivity index (χ0v) is 14.9. The molecule has 1 aliphatic heterocycles. The number of ether oxygens (including phenoxy) is 2. The molecule has 0 amide bonds. The van der Waals surface area contributed by atoms with E-state index in [-0.39, 0.29) is 23.2 Å². The molecule has 3 N–H and O–H groups in total. The van der Waals surface area contributed by atoms with Crippen LogP contribution >= 0.6 is 0 Å². The van der Waals surface area contributed by atoms with E-state index in [2.05, 4.69) is 11.3 Å². The Kier molecular flexibility index (Phi) is 8.91. The van der Waals surface area contributed by atoms with E-state index in [0.29, 0.717) is 0 Å². The van der Waals surface area contributed by atoms with E-state index in [1.165, 1.54) is 6.92 Å². The van der Waals surface area contributed by atoms with Crippen LogP contribution in [0, 0.1) is 0 Å². The van der Waals surface area contributed by atoms with Crippen molar-refractivity contribution in [3.05, 3.63) is 71.8 Å². The lowest BCUT2D eigenvalue weighted by molar-refractivity contribution is -0.132. The number of hydrogen-bond donors (Lipinski definition) is 3. The van der Waals surface area contributed by atoms with E-state index in [4.69, 9.17) is 9.84 Å². The smallest absolute Gasteiger partial charge is 0.330 e. The Bertz CT molecular complexity index is 629. The fourth-order valence-electron chi connectivity index (χ4n) is 1.76. The van der Waals surface area contributed by atoms with Gasteiger partial charge in [-0.15, -0.1) is 0 Å². The average molecular weight is 360 g/mol. The number of phenols is 2. The van der Waals surface area contributed by atoms with E-state index < -0.39 is 5.97 Å². The van der Waals surface area contributed by atoms with Crippen LogP contribution in [0.4, 0.5) is 0 Å². The number of aromatic hydroxyl groups is 2. The van der Waals surface area contributed by atoms with Gasteiger partial charge in [0.15, 0.2) is 0 Å². The zero-order valence-electron chi connectivity index (χ0n) is 14.9. The van der Waals surface area contributed by atoms with Gasteiger partial charge in [-0.05, 0) is 42.3 Å². The highest BCUT2D eigenvalue weighted by atomic mass is 16.6. The van der Waals surface area contributed by atoms with Crippen molar-refractivity contribution in [1.82, 2.24) is 0 Å². The Morgan fingerprint density at radius 2 is 1.31 bits per heavy atom. The van der Waals surface area contributed by atoms with E-state index in [1.807, 2.05) is 24.3 Å². The van der Waals surface area contributed by atoms with Crippen LogP contribution in [0.2, 0.25) is 0 Å². The Labute approximate surface area is 152 Å². The third kappa shape index (κ3) is 8.32. The fraction of sp³-hybridized carbons (Fsp3) is 0.250. The predicted molar refractivity (Wildman–Crippen MR) is 98.3 cm³/mol. The Morgan fingerprint density at radius 1 is 1.00 bits per heavy atom. The van der Waals surface area contributed by atoms with Gasteiger partial charge in [0.1, 0.15) is 17.6 Å². The summed E-state index contributed by atoms with van der Waals surface area (Å²) in [7, 11) is 1.63. The van der Waals surface area contributed by atoms with E-state index >= 15 is 0 Å². The largest absolute Gasteiger partial charge is 0.508 e. The summed E-state index contributed by atoms with van der Waals surface area (Å²) in [6.45, 7) is 6.60. The van der Waals surface area contributed by atoms with Crippen molar-refractivity contribution in [1.29, 1.82) is 0 Å². The fourth-order valence-corrected chi connectivity index (χ4v) is 1.76. The van der Waals surface area contributed by atoms with Crippen LogP contribution in [0.5, 0.6) is 11.5 Å². The van der Waals surface area contributed by atoms with Crippen molar-refractivity contribution in [3.8, 4) is 11.5 Å². The molecule has 2 aromatic carbocycles. The molecule has 6 nitrogen and oxygen atoms in total. The van der Waals surface area contributed by atoms with Gasteiger partial charge >= 0.3 is 5.97 Å². The van der Waals surface area contributed by atoms with Crippen LogP contribution in [0.25, 0.3) is 0 Å². The molecule has 6 heteroatoms. The minimum absolute atomic E-state index is 0.176. The molecule has 0 atom stereocenters. The maximum atomic E-state index is 9.60. The molecule has 1 aliphatic rings. The second kappa shape index (κ2) is 10.9. The minimum Gasteiger partial charge on any atom is -0.508 e. The first-order valence-electron chi connectivity index (χ1n) is 7.92. The lowest BCUT2D eigenvalue weighted by atomic mass is 10.0. The number of epoxide rings is 1. The monoisotopic (exact) mass is 360 g/mol. The highest BCUT2D eigenvalue weighted by Crippen LogP contribution is 2.27. The van der Waals surface area contributed by atoms with Crippen LogP contribution in [0.1, 0.15) is 24.2 Å². The van der Waals surface area contributed by atoms with Crippen LogP contribution in [0.15, 0.2) is 60.7 Å². The summed E-state index contributed by atoms with van der Waals surface area (Å²) in [5, 5.41) is 26.4. The summed E-state index contributed by atoms with van der Waals surface area (Å²) in [6, 6.07) is 13.8. The predicted octanol–water partition coefficient (Wildman–Crippen LogP) is 3.50. The molecule has 0 bridgehead atoms. The molecule has 0 aliphatic carbocycles. The number of aliphatic carboxylic acids is 1. The van der Waals surface area contributed by atoms with Gasteiger partial charge in [0, 0.05) is 12.7 Å². The number of phenolic OH excluding ortho intramolecular Hbond substituents is 2. The minimum atomic E-state index is -0.935. The molecule has 0 unspecified atom stereocenters. The highest BCUT2D eigenvalue weighted by molar-refractivity contribution is 5.84. The molecule has 140 valence electrons. The molecule has 1 heterocycles. The zero-order chi connectivity index (χ0) is 19.5. The maximum Gasteiger partial charge on any atom is 0.330 e. The molecule has 2 aromatic rings. The molecule has 0 saturated carbocycles. The third-order valence-electron chi connectivity index (χ3n) is 3.20. The second-order valence-corrected chi connectivity index (χ2v) is 5.50.